The van der Waals surface area contributed by atoms with Gasteiger partial charge in [-0.2, -0.15) is 0 Å². The van der Waals surface area contributed by atoms with Crippen molar-refractivity contribution in [2.75, 3.05) is 10.8 Å². The second kappa shape index (κ2) is 7.12. The lowest BCUT2D eigenvalue weighted by atomic mass is 10.1. The van der Waals surface area contributed by atoms with Gasteiger partial charge in [0, 0.05) is 12.1 Å². The molecule has 1 N–H and O–H groups in total. The lowest BCUT2D eigenvalue weighted by Crippen LogP contribution is -2.36. The van der Waals surface area contributed by atoms with E-state index in [2.05, 4.69) is 0 Å². The predicted molar refractivity (Wildman–Crippen MR) is 95.9 cm³/mol. The van der Waals surface area contributed by atoms with E-state index in [0.29, 0.717) is 5.56 Å². The van der Waals surface area contributed by atoms with Gasteiger partial charge < -0.3 is 5.11 Å². The van der Waals surface area contributed by atoms with Gasteiger partial charge in [-0.25, -0.2) is 8.42 Å². The Kier molecular flexibility index (Phi) is 5.31. The second-order valence-electron chi connectivity index (χ2n) is 5.90. The predicted octanol–water partition coefficient (Wildman–Crippen LogP) is 2.80. The van der Waals surface area contributed by atoms with E-state index in [1.54, 1.807) is 32.0 Å². The van der Waals surface area contributed by atoms with Gasteiger partial charge in [0.2, 0.25) is 0 Å². The van der Waals surface area contributed by atoms with Crippen molar-refractivity contribution < 1.29 is 23.2 Å². The molecule has 0 atom stereocenters. The van der Waals surface area contributed by atoms with Crippen molar-refractivity contribution >= 4 is 27.4 Å². The number of aryl methyl sites for hydroxylation is 3. The minimum absolute atomic E-state index is 0.221. The monoisotopic (exact) mass is 378 g/mol. The normalized spacial score (nSPS) is 11.2. The van der Waals surface area contributed by atoms with E-state index in [1.807, 2.05) is 0 Å². The Morgan fingerprint density at radius 2 is 1.73 bits per heavy atom. The first-order valence-electron chi connectivity index (χ1n) is 7.61. The number of benzene rings is 2. The molecule has 138 valence electrons. The van der Waals surface area contributed by atoms with Crippen LogP contribution in [-0.4, -0.2) is 31.0 Å². The van der Waals surface area contributed by atoms with E-state index in [-0.39, 0.29) is 21.8 Å². The summed E-state index contributed by atoms with van der Waals surface area (Å²) in [6, 6.07) is 8.52. The summed E-state index contributed by atoms with van der Waals surface area (Å²) in [6.07, 6.45) is 0. The van der Waals surface area contributed by atoms with Crippen LogP contribution >= 0.6 is 0 Å². The minimum atomic E-state index is -4.33. The van der Waals surface area contributed by atoms with Gasteiger partial charge in [0.1, 0.15) is 6.54 Å². The molecule has 0 saturated heterocycles. The third-order valence-electron chi connectivity index (χ3n) is 3.86. The molecule has 0 aliphatic heterocycles. The Bertz CT molecular complexity index is 985. The Morgan fingerprint density at radius 1 is 1.12 bits per heavy atom. The van der Waals surface area contributed by atoms with Crippen LogP contribution in [0.15, 0.2) is 41.3 Å². The number of aliphatic carboxylic acids is 1. The molecule has 8 nitrogen and oxygen atoms in total. The highest BCUT2D eigenvalue weighted by atomic mass is 32.2. The molecule has 0 amide bonds. The van der Waals surface area contributed by atoms with Gasteiger partial charge in [-0.3, -0.25) is 19.2 Å². The highest BCUT2D eigenvalue weighted by Crippen LogP contribution is 2.30. The molecular weight excluding hydrogens is 360 g/mol. The maximum atomic E-state index is 13.2. The lowest BCUT2D eigenvalue weighted by Gasteiger charge is -2.25. The topological polar surface area (TPSA) is 118 Å². The summed E-state index contributed by atoms with van der Waals surface area (Å²) in [7, 11) is -4.33. The van der Waals surface area contributed by atoms with E-state index in [1.165, 1.54) is 19.1 Å². The third-order valence-corrected chi connectivity index (χ3v) is 5.76. The van der Waals surface area contributed by atoms with Crippen LogP contribution in [0.5, 0.6) is 0 Å². The van der Waals surface area contributed by atoms with E-state index in [4.69, 9.17) is 0 Å². The molecule has 0 aliphatic rings. The summed E-state index contributed by atoms with van der Waals surface area (Å²) in [6.45, 7) is 4.12. The number of nitro benzene ring substituents is 1. The van der Waals surface area contributed by atoms with Gasteiger partial charge in [0.05, 0.1) is 15.5 Å². The van der Waals surface area contributed by atoms with Crippen molar-refractivity contribution in [3.8, 4) is 0 Å². The number of nitro groups is 1. The highest BCUT2D eigenvalue weighted by Gasteiger charge is 2.31. The number of rotatable bonds is 6. The number of sulfonamides is 1. The number of carboxylic acid groups (broad SMARTS) is 1. The average molecular weight is 378 g/mol. The number of hydrogen-bond donors (Lipinski definition) is 1. The number of hydrogen-bond acceptors (Lipinski definition) is 5. The third kappa shape index (κ3) is 3.83. The first kappa shape index (κ1) is 19.4. The second-order valence-corrected chi connectivity index (χ2v) is 7.73. The van der Waals surface area contributed by atoms with Gasteiger partial charge in [-0.05, 0) is 43.5 Å². The van der Waals surface area contributed by atoms with Crippen LogP contribution < -0.4 is 4.31 Å². The van der Waals surface area contributed by atoms with Crippen LogP contribution in [-0.2, 0) is 14.8 Å². The fraction of sp³-hybridized carbons (Fsp3) is 0.235. The summed E-state index contributed by atoms with van der Waals surface area (Å²) in [5, 5.41) is 20.2. The van der Waals surface area contributed by atoms with E-state index >= 15 is 0 Å². The van der Waals surface area contributed by atoms with Crippen LogP contribution in [0, 0.1) is 30.9 Å². The first-order chi connectivity index (χ1) is 12.0. The summed E-state index contributed by atoms with van der Waals surface area (Å²) >= 11 is 0. The summed E-state index contributed by atoms with van der Waals surface area (Å²) in [5.74, 6) is -1.34. The van der Waals surface area contributed by atoms with Crippen molar-refractivity contribution in [2.45, 2.75) is 25.7 Å². The molecule has 0 fully saturated rings. The Balaban J connectivity index is 2.71. The molecule has 0 radical (unpaired) electrons. The molecule has 0 aliphatic carbocycles. The molecule has 0 aromatic heterocycles. The van der Waals surface area contributed by atoms with E-state index in [0.717, 1.165) is 15.9 Å². The molecule has 26 heavy (non-hydrogen) atoms. The van der Waals surface area contributed by atoms with Gasteiger partial charge in [0.15, 0.2) is 0 Å². The molecule has 9 heteroatoms. The molecule has 2 aromatic rings. The van der Waals surface area contributed by atoms with E-state index in [9.17, 15) is 28.4 Å². The molecule has 2 rings (SSSR count). The minimum Gasteiger partial charge on any atom is -0.480 e. The first-order valence-corrected chi connectivity index (χ1v) is 9.05. The SMILES string of the molecule is Cc1ccc(C)c(N(CC(=O)O)S(=O)(=O)c2cc([N+](=O)[O-])ccc2C)c1. The molecule has 0 bridgehead atoms. The van der Waals surface area contributed by atoms with Crippen LogP contribution in [0.2, 0.25) is 0 Å². The molecular formula is C17H18N2O6S. The Hall–Kier alpha value is -2.94. The zero-order valence-electron chi connectivity index (χ0n) is 14.5. The fourth-order valence-corrected chi connectivity index (χ4v) is 4.23. The average Bonchev–Trinajstić information content (AvgIpc) is 2.54. The zero-order chi connectivity index (χ0) is 19.6. The smallest absolute Gasteiger partial charge is 0.324 e. The van der Waals surface area contributed by atoms with Gasteiger partial charge in [-0.15, -0.1) is 0 Å². The summed E-state index contributed by atoms with van der Waals surface area (Å²) in [5.41, 5.74) is 1.45. The largest absolute Gasteiger partial charge is 0.480 e. The summed E-state index contributed by atoms with van der Waals surface area (Å²) in [4.78, 5) is 21.3. The van der Waals surface area contributed by atoms with Crippen molar-refractivity contribution in [2.24, 2.45) is 0 Å². The molecule has 2 aromatic carbocycles. The highest BCUT2D eigenvalue weighted by molar-refractivity contribution is 7.93. The molecule has 0 unspecified atom stereocenters. The maximum absolute atomic E-state index is 13.2. The van der Waals surface area contributed by atoms with Crippen LogP contribution in [0.4, 0.5) is 11.4 Å². The van der Waals surface area contributed by atoms with Crippen molar-refractivity contribution in [3.63, 3.8) is 0 Å². The van der Waals surface area contributed by atoms with Gasteiger partial charge >= 0.3 is 5.97 Å². The number of carboxylic acids is 1. The van der Waals surface area contributed by atoms with Gasteiger partial charge in [0.25, 0.3) is 15.7 Å². The number of anilines is 1. The quantitative estimate of drug-likeness (QED) is 0.610. The Labute approximate surface area is 150 Å². The van der Waals surface area contributed by atoms with E-state index < -0.39 is 27.5 Å². The fourth-order valence-electron chi connectivity index (χ4n) is 2.51. The van der Waals surface area contributed by atoms with Gasteiger partial charge in [-0.1, -0.05) is 18.2 Å². The summed E-state index contributed by atoms with van der Waals surface area (Å²) < 4.78 is 27.1. The Morgan fingerprint density at radius 3 is 2.31 bits per heavy atom. The van der Waals surface area contributed by atoms with Crippen molar-refractivity contribution in [1.82, 2.24) is 0 Å². The maximum Gasteiger partial charge on any atom is 0.324 e. The number of non-ortho nitro benzene ring substituents is 1. The molecule has 0 heterocycles. The lowest BCUT2D eigenvalue weighted by molar-refractivity contribution is -0.385. The van der Waals surface area contributed by atoms with Crippen LogP contribution in [0.25, 0.3) is 0 Å². The zero-order valence-corrected chi connectivity index (χ0v) is 15.3. The standard InChI is InChI=1S/C17H18N2O6S/c1-11-4-5-12(2)15(8-11)18(10-17(20)21)26(24,25)16-9-14(19(22)23)7-6-13(16)3/h4-9H,10H2,1-3H3,(H,20,21). The van der Waals surface area contributed by atoms with Crippen LogP contribution in [0.3, 0.4) is 0 Å². The number of nitrogens with zero attached hydrogens (tertiary/aromatic N) is 2. The van der Waals surface area contributed by atoms with Crippen LogP contribution in [0.1, 0.15) is 16.7 Å². The molecule has 0 saturated carbocycles. The van der Waals surface area contributed by atoms with Crippen molar-refractivity contribution in [3.05, 3.63) is 63.2 Å². The van der Waals surface area contributed by atoms with Crippen molar-refractivity contribution in [1.29, 1.82) is 0 Å². The number of carbonyl (C=O) groups is 1. The molecule has 0 spiro atoms.